The Morgan fingerprint density at radius 3 is 2.71 bits per heavy atom. The quantitative estimate of drug-likeness (QED) is 0.344. The molecule has 0 atom stereocenters. The molecular formula is C17H18N2O3S2. The van der Waals surface area contributed by atoms with Crippen molar-refractivity contribution in [2.45, 2.75) is 45.1 Å². The smallest absolute Gasteiger partial charge is 0.272 e. The van der Waals surface area contributed by atoms with Crippen LogP contribution in [0.1, 0.15) is 43.2 Å². The van der Waals surface area contributed by atoms with Crippen LogP contribution in [-0.4, -0.2) is 26.1 Å². The van der Waals surface area contributed by atoms with Crippen LogP contribution in [0.2, 0.25) is 0 Å². The van der Waals surface area contributed by atoms with E-state index in [-0.39, 0.29) is 17.6 Å². The summed E-state index contributed by atoms with van der Waals surface area (Å²) in [6, 6.07) is 5.19. The van der Waals surface area contributed by atoms with Gasteiger partial charge in [0.1, 0.15) is 4.32 Å². The Kier molecular flexibility index (Phi) is 5.01. The predicted molar refractivity (Wildman–Crippen MR) is 99.7 cm³/mol. The van der Waals surface area contributed by atoms with Crippen molar-refractivity contribution >= 4 is 46.0 Å². The first-order chi connectivity index (χ1) is 11.5. The minimum atomic E-state index is -0.403. The Labute approximate surface area is 150 Å². The molecule has 1 aliphatic carbocycles. The fourth-order valence-electron chi connectivity index (χ4n) is 3.20. The molecule has 0 radical (unpaired) electrons. The maximum absolute atomic E-state index is 12.7. The van der Waals surface area contributed by atoms with E-state index in [1.54, 1.807) is 30.0 Å². The van der Waals surface area contributed by atoms with Gasteiger partial charge in [-0.2, -0.15) is 0 Å². The van der Waals surface area contributed by atoms with Gasteiger partial charge >= 0.3 is 0 Å². The van der Waals surface area contributed by atoms with Gasteiger partial charge in [0.25, 0.3) is 11.6 Å². The van der Waals surface area contributed by atoms with E-state index < -0.39 is 4.92 Å². The number of nitro groups is 1. The molecule has 0 bridgehead atoms. The summed E-state index contributed by atoms with van der Waals surface area (Å²) in [4.78, 5) is 25.7. The third-order valence-electron chi connectivity index (χ3n) is 4.49. The number of thiocarbonyl (C=S) groups is 1. The van der Waals surface area contributed by atoms with E-state index in [0.29, 0.717) is 20.4 Å². The van der Waals surface area contributed by atoms with Gasteiger partial charge in [0.05, 0.1) is 9.83 Å². The highest BCUT2D eigenvalue weighted by molar-refractivity contribution is 8.26. The zero-order valence-electron chi connectivity index (χ0n) is 13.4. The van der Waals surface area contributed by atoms with Gasteiger partial charge in [-0.15, -0.1) is 0 Å². The van der Waals surface area contributed by atoms with Crippen LogP contribution < -0.4 is 0 Å². The number of benzene rings is 1. The molecule has 7 heteroatoms. The summed E-state index contributed by atoms with van der Waals surface area (Å²) in [7, 11) is 0. The summed E-state index contributed by atoms with van der Waals surface area (Å²) in [5.41, 5.74) is 1.31. The maximum Gasteiger partial charge on any atom is 0.272 e. The molecule has 1 aromatic rings. The third-order valence-corrected chi connectivity index (χ3v) is 5.82. The second-order valence-corrected chi connectivity index (χ2v) is 7.82. The molecule has 3 rings (SSSR count). The van der Waals surface area contributed by atoms with Crippen LogP contribution in [0.25, 0.3) is 6.08 Å². The number of amides is 1. The molecule has 0 N–H and O–H groups in total. The van der Waals surface area contributed by atoms with Crippen molar-refractivity contribution in [3.05, 3.63) is 44.3 Å². The lowest BCUT2D eigenvalue weighted by atomic mass is 9.94. The van der Waals surface area contributed by atoms with Crippen LogP contribution in [0.15, 0.2) is 23.1 Å². The van der Waals surface area contributed by atoms with Crippen molar-refractivity contribution in [1.82, 2.24) is 4.90 Å². The number of nitrogens with zero attached hydrogens (tertiary/aromatic N) is 2. The number of hydrogen-bond acceptors (Lipinski definition) is 5. The number of thioether (sulfide) groups is 1. The zero-order chi connectivity index (χ0) is 17.3. The Bertz CT molecular complexity index is 739. The summed E-state index contributed by atoms with van der Waals surface area (Å²) >= 11 is 6.69. The number of carbonyl (C=O) groups is 1. The molecule has 1 aromatic carbocycles. The highest BCUT2D eigenvalue weighted by Gasteiger charge is 2.37. The predicted octanol–water partition coefficient (Wildman–Crippen LogP) is 4.44. The molecular weight excluding hydrogens is 344 g/mol. The van der Waals surface area contributed by atoms with Crippen LogP contribution >= 0.6 is 24.0 Å². The normalized spacial score (nSPS) is 20.9. The van der Waals surface area contributed by atoms with Crippen LogP contribution in [0.5, 0.6) is 0 Å². The maximum atomic E-state index is 12.7. The SMILES string of the molecule is Cc1ccc(/C=C2/SC(=S)N(C3CCCCC3)C2=O)cc1[N+](=O)[O-]. The number of aryl methyl sites for hydroxylation is 1. The molecule has 2 aliphatic rings. The third kappa shape index (κ3) is 3.37. The first kappa shape index (κ1) is 17.1. The molecule has 1 aliphatic heterocycles. The second-order valence-electron chi connectivity index (χ2n) is 6.15. The molecule has 1 heterocycles. The second kappa shape index (κ2) is 7.03. The van der Waals surface area contributed by atoms with Crippen molar-refractivity contribution in [1.29, 1.82) is 0 Å². The standard InChI is InChI=1S/C17H18N2O3S2/c1-11-7-8-12(9-14(11)19(21)22)10-15-16(20)18(17(23)24-15)13-5-3-2-4-6-13/h7-10,13H,2-6H2,1H3/b15-10+. The molecule has 5 nitrogen and oxygen atoms in total. The van der Waals surface area contributed by atoms with Crippen molar-refractivity contribution in [3.63, 3.8) is 0 Å². The first-order valence-corrected chi connectivity index (χ1v) is 9.22. The van der Waals surface area contributed by atoms with Gasteiger partial charge in [-0.05, 0) is 31.4 Å². The number of nitro benzene ring substituents is 1. The van der Waals surface area contributed by atoms with Crippen LogP contribution in [-0.2, 0) is 4.79 Å². The van der Waals surface area contributed by atoms with Crippen LogP contribution in [0.3, 0.4) is 0 Å². The molecule has 126 valence electrons. The van der Waals surface area contributed by atoms with Crippen molar-refractivity contribution in [2.24, 2.45) is 0 Å². The molecule has 2 fully saturated rings. The summed E-state index contributed by atoms with van der Waals surface area (Å²) in [6.45, 7) is 1.70. The molecule has 1 amide bonds. The van der Waals surface area contributed by atoms with E-state index in [1.165, 1.54) is 24.2 Å². The Balaban J connectivity index is 1.86. The minimum absolute atomic E-state index is 0.0616. The monoisotopic (exact) mass is 362 g/mol. The number of rotatable bonds is 3. The lowest BCUT2D eigenvalue weighted by molar-refractivity contribution is -0.385. The largest absolute Gasteiger partial charge is 0.290 e. The van der Waals surface area contributed by atoms with E-state index in [0.717, 1.165) is 25.7 Å². The lowest BCUT2D eigenvalue weighted by Crippen LogP contribution is -2.39. The van der Waals surface area contributed by atoms with Gasteiger partial charge in [0.2, 0.25) is 0 Å². The fourth-order valence-corrected chi connectivity index (χ4v) is 4.60. The van der Waals surface area contributed by atoms with Gasteiger partial charge < -0.3 is 0 Å². The van der Waals surface area contributed by atoms with Gasteiger partial charge in [0, 0.05) is 17.7 Å². The van der Waals surface area contributed by atoms with Gasteiger partial charge in [-0.3, -0.25) is 19.8 Å². The Hall–Kier alpha value is -1.73. The van der Waals surface area contributed by atoms with Gasteiger partial charge in [0.15, 0.2) is 0 Å². The van der Waals surface area contributed by atoms with E-state index in [9.17, 15) is 14.9 Å². The zero-order valence-corrected chi connectivity index (χ0v) is 15.0. The van der Waals surface area contributed by atoms with Crippen LogP contribution in [0.4, 0.5) is 5.69 Å². The van der Waals surface area contributed by atoms with E-state index in [1.807, 2.05) is 0 Å². The summed E-state index contributed by atoms with van der Waals surface area (Å²) in [5.74, 6) is -0.0693. The van der Waals surface area contributed by atoms with E-state index in [4.69, 9.17) is 12.2 Å². The lowest BCUT2D eigenvalue weighted by Gasteiger charge is -2.29. The molecule has 1 saturated heterocycles. The van der Waals surface area contributed by atoms with Crippen molar-refractivity contribution in [3.8, 4) is 0 Å². The van der Waals surface area contributed by atoms with Crippen molar-refractivity contribution in [2.75, 3.05) is 0 Å². The molecule has 0 spiro atoms. The van der Waals surface area contributed by atoms with E-state index >= 15 is 0 Å². The first-order valence-electron chi connectivity index (χ1n) is 7.99. The highest BCUT2D eigenvalue weighted by atomic mass is 32.2. The van der Waals surface area contributed by atoms with Gasteiger partial charge in [-0.25, -0.2) is 0 Å². The summed E-state index contributed by atoms with van der Waals surface area (Å²) < 4.78 is 0.597. The van der Waals surface area contributed by atoms with Crippen molar-refractivity contribution < 1.29 is 9.72 Å². The Morgan fingerprint density at radius 2 is 2.04 bits per heavy atom. The van der Waals surface area contributed by atoms with Crippen LogP contribution in [0, 0.1) is 17.0 Å². The fraction of sp³-hybridized carbons (Fsp3) is 0.412. The Morgan fingerprint density at radius 1 is 1.33 bits per heavy atom. The van der Waals surface area contributed by atoms with E-state index in [2.05, 4.69) is 0 Å². The molecule has 0 aromatic heterocycles. The average molecular weight is 362 g/mol. The molecule has 24 heavy (non-hydrogen) atoms. The average Bonchev–Trinajstić information content (AvgIpc) is 2.83. The molecule has 0 unspecified atom stereocenters. The summed E-state index contributed by atoms with van der Waals surface area (Å²) in [6.07, 6.45) is 7.17. The van der Waals surface area contributed by atoms with Gasteiger partial charge in [-0.1, -0.05) is 55.4 Å². The summed E-state index contributed by atoms with van der Waals surface area (Å²) in [5, 5.41) is 11.1. The number of carbonyl (C=O) groups excluding carboxylic acids is 1. The minimum Gasteiger partial charge on any atom is -0.290 e. The molecule has 1 saturated carbocycles. The highest BCUT2D eigenvalue weighted by Crippen LogP contribution is 2.37. The topological polar surface area (TPSA) is 63.5 Å². The number of hydrogen-bond donors (Lipinski definition) is 0.